The lowest BCUT2D eigenvalue weighted by Crippen LogP contribution is -2.43. The fourth-order valence-corrected chi connectivity index (χ4v) is 2.82. The van der Waals surface area contributed by atoms with E-state index >= 15 is 0 Å². The minimum absolute atomic E-state index is 0.493. The third-order valence-corrected chi connectivity index (χ3v) is 3.99. The zero-order valence-electron chi connectivity index (χ0n) is 10.3. The second-order valence-electron chi connectivity index (χ2n) is 5.46. The second kappa shape index (κ2) is 3.95. The molecule has 1 aliphatic heterocycles. The number of hydrogen-bond acceptors (Lipinski definition) is 4. The van der Waals surface area contributed by atoms with Crippen molar-refractivity contribution in [1.29, 1.82) is 0 Å². The molecule has 1 fully saturated rings. The monoisotopic (exact) mass is 233 g/mol. The van der Waals surface area contributed by atoms with E-state index in [1.807, 2.05) is 6.92 Å². The Bertz CT molecular complexity index is 421. The van der Waals surface area contributed by atoms with E-state index in [2.05, 4.69) is 14.9 Å². The zero-order chi connectivity index (χ0) is 11.9. The van der Waals surface area contributed by atoms with Crippen LogP contribution in [0.2, 0.25) is 0 Å². The number of aromatic nitrogens is 2. The molecule has 3 rings (SSSR count). The molecule has 1 saturated heterocycles. The van der Waals surface area contributed by atoms with Crippen molar-refractivity contribution in [1.82, 2.24) is 9.97 Å². The minimum atomic E-state index is -0.493. The largest absolute Gasteiger partial charge is 0.390 e. The average Bonchev–Trinajstić information content (AvgIpc) is 2.77. The number of nitrogens with zero attached hydrogens (tertiary/aromatic N) is 3. The van der Waals surface area contributed by atoms with E-state index < -0.39 is 5.60 Å². The molecule has 1 N–H and O–H groups in total. The van der Waals surface area contributed by atoms with Crippen molar-refractivity contribution in [2.24, 2.45) is 0 Å². The average molecular weight is 233 g/mol. The number of aliphatic hydroxyl groups is 1. The molecule has 1 aromatic heterocycles. The summed E-state index contributed by atoms with van der Waals surface area (Å²) in [4.78, 5) is 11.1. The molecule has 0 bridgehead atoms. The van der Waals surface area contributed by atoms with Crippen molar-refractivity contribution in [2.45, 2.75) is 44.6 Å². The number of hydrogen-bond donors (Lipinski definition) is 1. The topological polar surface area (TPSA) is 49.2 Å². The first kappa shape index (κ1) is 11.0. The van der Waals surface area contributed by atoms with Gasteiger partial charge in [0, 0.05) is 24.3 Å². The van der Waals surface area contributed by atoms with Gasteiger partial charge in [-0.25, -0.2) is 9.97 Å². The summed E-state index contributed by atoms with van der Waals surface area (Å²) in [5, 5.41) is 9.97. The Labute approximate surface area is 102 Å². The van der Waals surface area contributed by atoms with E-state index in [0.29, 0.717) is 0 Å². The van der Waals surface area contributed by atoms with Crippen LogP contribution in [0, 0.1) is 0 Å². The minimum Gasteiger partial charge on any atom is -0.390 e. The number of fused-ring (bicyclic) bond motifs is 1. The Morgan fingerprint density at radius 1 is 1.24 bits per heavy atom. The molecule has 2 aliphatic rings. The molecule has 2 heterocycles. The number of rotatable bonds is 1. The molecule has 0 radical (unpaired) electrons. The maximum absolute atomic E-state index is 9.97. The van der Waals surface area contributed by atoms with Crippen molar-refractivity contribution < 1.29 is 5.11 Å². The summed E-state index contributed by atoms with van der Waals surface area (Å²) < 4.78 is 0. The first-order valence-corrected chi connectivity index (χ1v) is 6.46. The molecular formula is C13H19N3O. The summed E-state index contributed by atoms with van der Waals surface area (Å²) in [6.45, 7) is 3.72. The van der Waals surface area contributed by atoms with Crippen molar-refractivity contribution >= 4 is 5.82 Å². The summed E-state index contributed by atoms with van der Waals surface area (Å²) in [5.74, 6) is 1.11. The third kappa shape index (κ3) is 2.02. The zero-order valence-corrected chi connectivity index (χ0v) is 10.3. The lowest BCUT2D eigenvalue weighted by Gasteiger charge is -2.37. The summed E-state index contributed by atoms with van der Waals surface area (Å²) in [5.41, 5.74) is 2.08. The van der Waals surface area contributed by atoms with E-state index in [0.717, 1.165) is 44.6 Å². The summed E-state index contributed by atoms with van der Waals surface area (Å²) in [6.07, 6.45) is 6.74. The van der Waals surface area contributed by atoms with Crippen molar-refractivity contribution in [2.75, 3.05) is 18.0 Å². The van der Waals surface area contributed by atoms with E-state index in [-0.39, 0.29) is 0 Å². The quantitative estimate of drug-likeness (QED) is 0.794. The molecule has 1 aliphatic carbocycles. The van der Waals surface area contributed by atoms with Crippen LogP contribution in [0.3, 0.4) is 0 Å². The van der Waals surface area contributed by atoms with Crippen LogP contribution in [-0.2, 0) is 12.8 Å². The molecule has 17 heavy (non-hydrogen) atoms. The maximum atomic E-state index is 9.97. The van der Waals surface area contributed by atoms with Crippen LogP contribution in [0.15, 0.2) is 6.33 Å². The third-order valence-electron chi connectivity index (χ3n) is 3.99. The molecule has 0 saturated carbocycles. The Hall–Kier alpha value is -1.16. The van der Waals surface area contributed by atoms with Gasteiger partial charge in [0.05, 0.1) is 5.60 Å². The van der Waals surface area contributed by atoms with Gasteiger partial charge >= 0.3 is 0 Å². The van der Waals surface area contributed by atoms with E-state index in [9.17, 15) is 5.11 Å². The van der Waals surface area contributed by atoms with E-state index in [1.54, 1.807) is 6.33 Å². The van der Waals surface area contributed by atoms with Crippen molar-refractivity contribution in [3.05, 3.63) is 17.6 Å². The highest BCUT2D eigenvalue weighted by Gasteiger charge is 2.30. The normalized spacial score (nSPS) is 22.6. The Morgan fingerprint density at radius 2 is 2.00 bits per heavy atom. The molecule has 92 valence electrons. The lowest BCUT2D eigenvalue weighted by atomic mass is 9.93. The van der Waals surface area contributed by atoms with E-state index in [4.69, 9.17) is 0 Å². The van der Waals surface area contributed by atoms with Gasteiger partial charge in [0.25, 0.3) is 0 Å². The van der Waals surface area contributed by atoms with Crippen LogP contribution >= 0.6 is 0 Å². The molecule has 0 atom stereocenters. The molecule has 0 spiro atoms. The highest BCUT2D eigenvalue weighted by atomic mass is 16.3. The van der Waals surface area contributed by atoms with Gasteiger partial charge < -0.3 is 10.0 Å². The smallest absolute Gasteiger partial charge is 0.135 e. The lowest BCUT2D eigenvalue weighted by molar-refractivity contribution is 0.0350. The van der Waals surface area contributed by atoms with Crippen LogP contribution < -0.4 is 4.90 Å². The molecule has 4 nitrogen and oxygen atoms in total. The van der Waals surface area contributed by atoms with Gasteiger partial charge in [0.1, 0.15) is 12.1 Å². The molecule has 1 aromatic rings. The van der Waals surface area contributed by atoms with Crippen LogP contribution in [0.25, 0.3) is 0 Å². The molecule has 0 amide bonds. The summed E-state index contributed by atoms with van der Waals surface area (Å²) >= 11 is 0. The molecule has 0 unspecified atom stereocenters. The van der Waals surface area contributed by atoms with E-state index in [1.165, 1.54) is 17.7 Å². The van der Waals surface area contributed by atoms with Gasteiger partial charge in [0.15, 0.2) is 0 Å². The van der Waals surface area contributed by atoms with Gasteiger partial charge in [-0.05, 0) is 39.0 Å². The van der Waals surface area contributed by atoms with Crippen molar-refractivity contribution in [3.8, 4) is 0 Å². The predicted octanol–water partition coefficient (Wildman–Crippen LogP) is 1.32. The number of aryl methyl sites for hydroxylation is 1. The summed E-state index contributed by atoms with van der Waals surface area (Å²) in [6, 6.07) is 0. The molecular weight excluding hydrogens is 214 g/mol. The van der Waals surface area contributed by atoms with Crippen LogP contribution in [0.1, 0.15) is 37.4 Å². The fourth-order valence-electron chi connectivity index (χ4n) is 2.82. The van der Waals surface area contributed by atoms with Gasteiger partial charge in [0.2, 0.25) is 0 Å². The van der Waals surface area contributed by atoms with Crippen LogP contribution in [0.4, 0.5) is 5.82 Å². The number of piperidine rings is 1. The standard InChI is InChI=1S/C13H19N3O/c1-13(17)5-7-16(8-6-13)12-10-3-2-4-11(10)14-9-15-12/h9,17H,2-8H2,1H3. The Morgan fingerprint density at radius 3 is 2.76 bits per heavy atom. The molecule has 4 heteroatoms. The Kier molecular flexibility index (Phi) is 2.54. The highest BCUT2D eigenvalue weighted by Crippen LogP contribution is 2.31. The molecule has 0 aromatic carbocycles. The van der Waals surface area contributed by atoms with Gasteiger partial charge in [-0.2, -0.15) is 0 Å². The van der Waals surface area contributed by atoms with Gasteiger partial charge in [-0.15, -0.1) is 0 Å². The van der Waals surface area contributed by atoms with Gasteiger partial charge in [-0.3, -0.25) is 0 Å². The highest BCUT2D eigenvalue weighted by molar-refractivity contribution is 5.50. The Balaban J connectivity index is 1.84. The SMILES string of the molecule is CC1(O)CCN(c2ncnc3c2CCC3)CC1. The fraction of sp³-hybridized carbons (Fsp3) is 0.692. The second-order valence-corrected chi connectivity index (χ2v) is 5.46. The first-order valence-electron chi connectivity index (χ1n) is 6.46. The first-order chi connectivity index (χ1) is 8.16. The number of anilines is 1. The summed E-state index contributed by atoms with van der Waals surface area (Å²) in [7, 11) is 0. The van der Waals surface area contributed by atoms with Gasteiger partial charge in [-0.1, -0.05) is 0 Å². The maximum Gasteiger partial charge on any atom is 0.135 e. The van der Waals surface area contributed by atoms with Crippen LogP contribution in [-0.4, -0.2) is 33.8 Å². The van der Waals surface area contributed by atoms with Crippen LogP contribution in [0.5, 0.6) is 0 Å². The predicted molar refractivity (Wildman–Crippen MR) is 66.1 cm³/mol. The van der Waals surface area contributed by atoms with Crippen molar-refractivity contribution in [3.63, 3.8) is 0 Å².